The third-order valence-corrected chi connectivity index (χ3v) is 2.69. The molecule has 0 fully saturated rings. The highest BCUT2D eigenvalue weighted by atomic mass is 19.1. The van der Waals surface area contributed by atoms with E-state index < -0.39 is 11.6 Å². The molecule has 0 N–H and O–H groups in total. The molecule has 0 radical (unpaired) electrons. The molecule has 0 atom stereocenters. The van der Waals surface area contributed by atoms with E-state index in [1.165, 1.54) is 24.3 Å². The lowest BCUT2D eigenvalue weighted by molar-refractivity contribution is 0.622. The molecule has 0 spiro atoms. The molecule has 0 unspecified atom stereocenters. The number of hydrogen-bond donors (Lipinski definition) is 0. The van der Waals surface area contributed by atoms with E-state index in [4.69, 9.17) is 11.8 Å². The summed E-state index contributed by atoms with van der Waals surface area (Å²) >= 11 is 0. The van der Waals surface area contributed by atoms with E-state index in [1.807, 2.05) is 0 Å². The quantitative estimate of drug-likeness (QED) is 0.745. The zero-order chi connectivity index (χ0) is 13.8. The third kappa shape index (κ3) is 2.75. The molecule has 0 amide bonds. The lowest BCUT2D eigenvalue weighted by Crippen LogP contribution is -1.92. The number of benzene rings is 2. The Balaban J connectivity index is 2.27. The molecular weight excluding hydrogens is 246 g/mol. The maximum Gasteiger partial charge on any atom is 0.222 e. The van der Waals surface area contributed by atoms with Crippen molar-refractivity contribution in [2.75, 3.05) is 0 Å². The monoisotopic (exact) mass is 254 g/mol. The van der Waals surface area contributed by atoms with Crippen LogP contribution in [0.4, 0.5) is 14.5 Å². The minimum Gasteiger partial charge on any atom is -0.235 e. The minimum atomic E-state index is -0.585. The van der Waals surface area contributed by atoms with Crippen LogP contribution >= 0.6 is 0 Å². The molecule has 2 nitrogen and oxygen atoms in total. The van der Waals surface area contributed by atoms with Crippen molar-refractivity contribution >= 4 is 5.69 Å². The third-order valence-electron chi connectivity index (χ3n) is 2.69. The number of rotatable bonds is 2. The molecule has 92 valence electrons. The van der Waals surface area contributed by atoms with Crippen LogP contribution in [-0.4, -0.2) is 0 Å². The number of nitriles is 1. The second-order valence-corrected chi connectivity index (χ2v) is 4.00. The first-order valence-electron chi connectivity index (χ1n) is 5.48. The van der Waals surface area contributed by atoms with Gasteiger partial charge in [0.2, 0.25) is 5.69 Å². The molecule has 0 aromatic heterocycles. The summed E-state index contributed by atoms with van der Waals surface area (Å²) in [5.41, 5.74) is 1.24. The SMILES string of the molecule is [C-]#[N+]c1ccc(Cc2ccc(C#N)c(F)c2)cc1F. The molecule has 0 saturated carbocycles. The lowest BCUT2D eigenvalue weighted by atomic mass is 10.0. The van der Waals surface area contributed by atoms with E-state index in [9.17, 15) is 8.78 Å². The Bertz CT molecular complexity index is 648. The fourth-order valence-electron chi connectivity index (χ4n) is 1.75. The van der Waals surface area contributed by atoms with Gasteiger partial charge in [-0.15, -0.1) is 0 Å². The summed E-state index contributed by atoms with van der Waals surface area (Å²) in [6.07, 6.45) is 0.345. The van der Waals surface area contributed by atoms with E-state index in [0.29, 0.717) is 17.5 Å². The summed E-state index contributed by atoms with van der Waals surface area (Å²) in [6.45, 7) is 6.75. The first-order valence-corrected chi connectivity index (χ1v) is 5.48. The van der Waals surface area contributed by atoms with Gasteiger partial charge in [-0.3, -0.25) is 0 Å². The lowest BCUT2D eigenvalue weighted by Gasteiger charge is -2.04. The maximum absolute atomic E-state index is 13.4. The molecule has 2 rings (SSSR count). The molecule has 2 aromatic carbocycles. The summed E-state index contributed by atoms with van der Waals surface area (Å²) in [4.78, 5) is 3.03. The Hall–Kier alpha value is -2.72. The molecule has 0 bridgehead atoms. The van der Waals surface area contributed by atoms with Crippen molar-refractivity contribution in [3.8, 4) is 6.07 Å². The summed E-state index contributed by atoms with van der Waals surface area (Å²) in [7, 11) is 0. The van der Waals surface area contributed by atoms with Gasteiger partial charge in [0.25, 0.3) is 0 Å². The van der Waals surface area contributed by atoms with Gasteiger partial charge in [0, 0.05) is 0 Å². The van der Waals surface area contributed by atoms with Crippen molar-refractivity contribution in [3.63, 3.8) is 0 Å². The van der Waals surface area contributed by atoms with Crippen molar-refractivity contribution in [1.29, 1.82) is 5.26 Å². The summed E-state index contributed by atoms with van der Waals surface area (Å²) < 4.78 is 26.8. The van der Waals surface area contributed by atoms with Crippen LogP contribution in [0.15, 0.2) is 36.4 Å². The van der Waals surface area contributed by atoms with Gasteiger partial charge in [-0.2, -0.15) is 5.26 Å². The molecule has 0 heterocycles. The van der Waals surface area contributed by atoms with E-state index in [1.54, 1.807) is 18.2 Å². The molecule has 2 aromatic rings. The van der Waals surface area contributed by atoms with Gasteiger partial charge in [-0.1, -0.05) is 18.2 Å². The van der Waals surface area contributed by atoms with Crippen molar-refractivity contribution in [2.45, 2.75) is 6.42 Å². The zero-order valence-corrected chi connectivity index (χ0v) is 9.82. The van der Waals surface area contributed by atoms with Gasteiger partial charge < -0.3 is 0 Å². The summed E-state index contributed by atoms with van der Waals surface area (Å²) in [5, 5.41) is 8.63. The number of halogens is 2. The fraction of sp³-hybridized carbons (Fsp3) is 0.0667. The average molecular weight is 254 g/mol. The molecule has 0 saturated heterocycles. The van der Waals surface area contributed by atoms with Gasteiger partial charge in [0.15, 0.2) is 0 Å². The van der Waals surface area contributed by atoms with E-state index in [0.717, 1.165) is 0 Å². The summed E-state index contributed by atoms with van der Waals surface area (Å²) in [5.74, 6) is -1.17. The first-order chi connectivity index (χ1) is 9.13. The molecular formula is C15H8F2N2. The van der Waals surface area contributed by atoms with E-state index >= 15 is 0 Å². The highest BCUT2D eigenvalue weighted by Crippen LogP contribution is 2.21. The maximum atomic E-state index is 13.4. The highest BCUT2D eigenvalue weighted by molar-refractivity contribution is 5.48. The van der Waals surface area contributed by atoms with Crippen LogP contribution in [0.2, 0.25) is 0 Å². The Morgan fingerprint density at radius 3 is 2.21 bits per heavy atom. The van der Waals surface area contributed by atoms with E-state index in [-0.39, 0.29) is 11.3 Å². The van der Waals surface area contributed by atoms with Gasteiger partial charge in [-0.25, -0.2) is 13.6 Å². The first kappa shape index (κ1) is 12.7. The van der Waals surface area contributed by atoms with Crippen molar-refractivity contribution in [2.24, 2.45) is 0 Å². The molecule has 0 aliphatic carbocycles. The average Bonchev–Trinajstić information content (AvgIpc) is 2.39. The van der Waals surface area contributed by atoms with Crippen molar-refractivity contribution < 1.29 is 8.78 Å². The molecule has 0 aliphatic heterocycles. The van der Waals surface area contributed by atoms with Crippen LogP contribution in [0, 0.1) is 29.5 Å². The van der Waals surface area contributed by atoms with E-state index in [2.05, 4.69) is 4.85 Å². The van der Waals surface area contributed by atoms with Crippen LogP contribution in [0.3, 0.4) is 0 Å². The predicted octanol–water partition coefficient (Wildman–Crippen LogP) is 3.98. The smallest absolute Gasteiger partial charge is 0.222 e. The van der Waals surface area contributed by atoms with Crippen LogP contribution < -0.4 is 0 Å². The van der Waals surface area contributed by atoms with Crippen LogP contribution in [0.1, 0.15) is 16.7 Å². The fourth-order valence-corrected chi connectivity index (χ4v) is 1.75. The Morgan fingerprint density at radius 2 is 1.68 bits per heavy atom. The van der Waals surface area contributed by atoms with Crippen LogP contribution in [-0.2, 0) is 6.42 Å². The second-order valence-electron chi connectivity index (χ2n) is 4.00. The van der Waals surface area contributed by atoms with Crippen LogP contribution in [0.25, 0.3) is 4.85 Å². The normalized spacial score (nSPS) is 9.68. The molecule has 0 aliphatic rings. The van der Waals surface area contributed by atoms with Gasteiger partial charge in [-0.05, 0) is 35.7 Å². The Kier molecular flexibility index (Phi) is 3.54. The van der Waals surface area contributed by atoms with Crippen molar-refractivity contribution in [1.82, 2.24) is 0 Å². The Morgan fingerprint density at radius 1 is 1.05 bits per heavy atom. The second kappa shape index (κ2) is 5.29. The number of nitrogens with zero attached hydrogens (tertiary/aromatic N) is 2. The largest absolute Gasteiger partial charge is 0.235 e. The van der Waals surface area contributed by atoms with Gasteiger partial charge in [0.1, 0.15) is 17.7 Å². The van der Waals surface area contributed by atoms with Gasteiger partial charge in [0.05, 0.1) is 12.1 Å². The van der Waals surface area contributed by atoms with Crippen molar-refractivity contribution in [3.05, 3.63) is 76.1 Å². The topological polar surface area (TPSA) is 28.1 Å². The minimum absolute atomic E-state index is 0.0155. The number of hydrogen-bond acceptors (Lipinski definition) is 1. The standard InChI is InChI=1S/C15H8F2N2/c1-19-15-5-3-11(8-14(15)17)6-10-2-4-12(9-18)13(16)7-10/h2-5,7-8H,6H2. The van der Waals surface area contributed by atoms with Gasteiger partial charge >= 0.3 is 0 Å². The predicted molar refractivity (Wildman–Crippen MR) is 66.6 cm³/mol. The molecule has 4 heteroatoms. The summed E-state index contributed by atoms with van der Waals surface area (Å²) in [6, 6.07) is 10.3. The van der Waals surface area contributed by atoms with Crippen LogP contribution in [0.5, 0.6) is 0 Å². The zero-order valence-electron chi connectivity index (χ0n) is 9.82. The molecule has 19 heavy (non-hydrogen) atoms. The highest BCUT2D eigenvalue weighted by Gasteiger charge is 2.06. The Labute approximate surface area is 109 Å².